The van der Waals surface area contributed by atoms with Crippen LogP contribution in [0, 0.1) is 12.8 Å². The molecule has 0 aliphatic heterocycles. The van der Waals surface area contributed by atoms with Gasteiger partial charge in [0.2, 0.25) is 0 Å². The lowest BCUT2D eigenvalue weighted by molar-refractivity contribution is 0.300. The van der Waals surface area contributed by atoms with Crippen LogP contribution in [0.25, 0.3) is 27.8 Å². The predicted molar refractivity (Wildman–Crippen MR) is 121 cm³/mol. The highest BCUT2D eigenvalue weighted by atomic mass is 16.5. The van der Waals surface area contributed by atoms with Crippen LogP contribution < -0.4 is 4.74 Å². The van der Waals surface area contributed by atoms with E-state index in [0.29, 0.717) is 6.61 Å². The highest BCUT2D eigenvalue weighted by Crippen LogP contribution is 2.39. The van der Waals surface area contributed by atoms with E-state index in [0.717, 1.165) is 36.0 Å². The highest BCUT2D eigenvalue weighted by Gasteiger charge is 2.26. The van der Waals surface area contributed by atoms with Crippen LogP contribution in [0.15, 0.2) is 67.4 Å². The van der Waals surface area contributed by atoms with Crippen molar-refractivity contribution >= 4 is 16.4 Å². The summed E-state index contributed by atoms with van der Waals surface area (Å²) >= 11 is 0. The summed E-state index contributed by atoms with van der Waals surface area (Å²) in [5, 5.41) is 6.14. The number of fused-ring (bicyclic) bond motifs is 2. The fraction of sp³-hybridized carbons (Fsp3) is 0.280. The number of pyridine rings is 1. The molecule has 4 heterocycles. The number of aryl methyl sites for hydroxylation is 1. The van der Waals surface area contributed by atoms with Gasteiger partial charge in [0.05, 0.1) is 29.6 Å². The lowest BCUT2D eigenvalue weighted by Gasteiger charge is -2.13. The maximum absolute atomic E-state index is 6.28. The number of benzene rings is 1. The standard InChI is InChI=1S/C25H25N5O/c1-18-21-6-2-3-11-30(21)27-24(18)22-15-20-5-4-7-23(25(20)29(22)16-19-8-9-19)31-14-13-28-12-10-26-17-28/h2-7,10-12,15,17,19H,8-9,13-14,16H2,1H3. The van der Waals surface area contributed by atoms with Crippen LogP contribution in [0.3, 0.4) is 0 Å². The number of aromatic nitrogens is 5. The first kappa shape index (κ1) is 18.2. The molecule has 6 nitrogen and oxygen atoms in total. The topological polar surface area (TPSA) is 49.3 Å². The van der Waals surface area contributed by atoms with Crippen molar-refractivity contribution in [2.75, 3.05) is 6.61 Å². The fourth-order valence-corrected chi connectivity index (χ4v) is 4.40. The number of nitrogens with zero attached hydrogens (tertiary/aromatic N) is 5. The van der Waals surface area contributed by atoms with E-state index in [2.05, 4.69) is 52.9 Å². The van der Waals surface area contributed by atoms with E-state index in [1.165, 1.54) is 35.0 Å². The van der Waals surface area contributed by atoms with Crippen molar-refractivity contribution in [3.05, 3.63) is 72.9 Å². The maximum Gasteiger partial charge on any atom is 0.143 e. The van der Waals surface area contributed by atoms with Crippen LogP contribution in [0.2, 0.25) is 0 Å². The Bertz CT molecular complexity index is 1360. The molecule has 0 radical (unpaired) electrons. The van der Waals surface area contributed by atoms with Gasteiger partial charge in [-0.05, 0) is 49.9 Å². The molecule has 0 bridgehead atoms. The molecule has 0 unspecified atom stereocenters. The molecule has 1 saturated carbocycles. The molecule has 5 aromatic rings. The van der Waals surface area contributed by atoms with Gasteiger partial charge in [0, 0.05) is 36.1 Å². The Hall–Kier alpha value is -3.54. The summed E-state index contributed by atoms with van der Waals surface area (Å²) < 4.78 is 12.7. The largest absolute Gasteiger partial charge is 0.490 e. The Kier molecular flexibility index (Phi) is 4.30. The Morgan fingerprint density at radius 1 is 1.10 bits per heavy atom. The molecule has 1 aliphatic carbocycles. The molecule has 0 spiro atoms. The van der Waals surface area contributed by atoms with E-state index < -0.39 is 0 Å². The predicted octanol–water partition coefficient (Wildman–Crippen LogP) is 4.95. The number of para-hydroxylation sites is 1. The first-order valence-corrected chi connectivity index (χ1v) is 10.9. The van der Waals surface area contributed by atoms with E-state index >= 15 is 0 Å². The summed E-state index contributed by atoms with van der Waals surface area (Å²) in [5.74, 6) is 1.68. The molecule has 0 amide bonds. The average molecular weight is 412 g/mol. The van der Waals surface area contributed by atoms with Crippen molar-refractivity contribution in [3.8, 4) is 17.1 Å². The van der Waals surface area contributed by atoms with Crippen molar-refractivity contribution in [2.24, 2.45) is 5.92 Å². The molecule has 6 rings (SSSR count). The lowest BCUT2D eigenvalue weighted by atomic mass is 10.1. The van der Waals surface area contributed by atoms with Crippen LogP contribution in [-0.4, -0.2) is 30.3 Å². The molecule has 31 heavy (non-hydrogen) atoms. The Morgan fingerprint density at radius 2 is 2.03 bits per heavy atom. The Morgan fingerprint density at radius 3 is 2.84 bits per heavy atom. The number of rotatable bonds is 7. The van der Waals surface area contributed by atoms with E-state index in [1.54, 1.807) is 6.20 Å². The van der Waals surface area contributed by atoms with E-state index in [4.69, 9.17) is 9.84 Å². The monoisotopic (exact) mass is 411 g/mol. The van der Waals surface area contributed by atoms with Crippen molar-refractivity contribution in [2.45, 2.75) is 32.9 Å². The second kappa shape index (κ2) is 7.30. The molecule has 1 fully saturated rings. The molecule has 6 heteroatoms. The van der Waals surface area contributed by atoms with Gasteiger partial charge in [-0.1, -0.05) is 18.2 Å². The fourth-order valence-electron chi connectivity index (χ4n) is 4.40. The van der Waals surface area contributed by atoms with Crippen LogP contribution >= 0.6 is 0 Å². The van der Waals surface area contributed by atoms with Gasteiger partial charge in [-0.2, -0.15) is 5.10 Å². The molecule has 156 valence electrons. The van der Waals surface area contributed by atoms with Crippen LogP contribution in [0.5, 0.6) is 5.75 Å². The number of hydrogen-bond acceptors (Lipinski definition) is 3. The first-order chi connectivity index (χ1) is 15.3. The number of hydrogen-bond donors (Lipinski definition) is 0. The molecular formula is C25H25N5O. The SMILES string of the molecule is Cc1c(-c2cc3cccc(OCCn4ccnc4)c3n2CC2CC2)nn2ccccc12. The van der Waals surface area contributed by atoms with Gasteiger partial charge in [-0.25, -0.2) is 9.50 Å². The zero-order chi connectivity index (χ0) is 20.8. The molecule has 0 saturated heterocycles. The van der Waals surface area contributed by atoms with Crippen LogP contribution in [0.4, 0.5) is 0 Å². The highest BCUT2D eigenvalue weighted by molar-refractivity contribution is 5.92. The third-order valence-corrected chi connectivity index (χ3v) is 6.22. The van der Waals surface area contributed by atoms with Gasteiger partial charge in [0.25, 0.3) is 0 Å². The quantitative estimate of drug-likeness (QED) is 0.381. The van der Waals surface area contributed by atoms with Crippen molar-refractivity contribution in [3.63, 3.8) is 0 Å². The summed E-state index contributed by atoms with van der Waals surface area (Å²) in [6.45, 7) is 4.55. The lowest BCUT2D eigenvalue weighted by Crippen LogP contribution is -2.08. The smallest absolute Gasteiger partial charge is 0.143 e. The van der Waals surface area contributed by atoms with Gasteiger partial charge in [-0.15, -0.1) is 0 Å². The zero-order valence-corrected chi connectivity index (χ0v) is 17.6. The third kappa shape index (κ3) is 3.28. The molecular weight excluding hydrogens is 386 g/mol. The van der Waals surface area contributed by atoms with Gasteiger partial charge >= 0.3 is 0 Å². The first-order valence-electron chi connectivity index (χ1n) is 10.9. The zero-order valence-electron chi connectivity index (χ0n) is 17.6. The molecule has 1 aliphatic rings. The van der Waals surface area contributed by atoms with E-state index in [9.17, 15) is 0 Å². The van der Waals surface area contributed by atoms with Crippen molar-refractivity contribution < 1.29 is 4.74 Å². The van der Waals surface area contributed by atoms with Gasteiger partial charge in [0.1, 0.15) is 18.1 Å². The van der Waals surface area contributed by atoms with Gasteiger partial charge in [0.15, 0.2) is 0 Å². The molecule has 0 N–H and O–H groups in total. The minimum atomic E-state index is 0.604. The summed E-state index contributed by atoms with van der Waals surface area (Å²) in [4.78, 5) is 4.11. The van der Waals surface area contributed by atoms with Crippen LogP contribution in [0.1, 0.15) is 18.4 Å². The minimum absolute atomic E-state index is 0.604. The molecule has 4 aromatic heterocycles. The average Bonchev–Trinajstić information content (AvgIpc) is 3.17. The maximum atomic E-state index is 6.28. The normalized spacial score (nSPS) is 14.0. The number of imidazole rings is 1. The third-order valence-electron chi connectivity index (χ3n) is 6.22. The number of ether oxygens (including phenoxy) is 1. The van der Waals surface area contributed by atoms with Crippen molar-refractivity contribution in [1.82, 2.24) is 23.7 Å². The van der Waals surface area contributed by atoms with E-state index in [1.807, 2.05) is 33.9 Å². The van der Waals surface area contributed by atoms with Crippen molar-refractivity contribution in [1.29, 1.82) is 0 Å². The minimum Gasteiger partial charge on any atom is -0.490 e. The molecule has 0 atom stereocenters. The second-order valence-corrected chi connectivity index (χ2v) is 8.43. The van der Waals surface area contributed by atoms with Gasteiger partial charge in [-0.3, -0.25) is 0 Å². The Balaban J connectivity index is 1.44. The van der Waals surface area contributed by atoms with E-state index in [-0.39, 0.29) is 0 Å². The summed E-state index contributed by atoms with van der Waals surface area (Å²) in [7, 11) is 0. The Labute approximate surface area is 180 Å². The summed E-state index contributed by atoms with van der Waals surface area (Å²) in [6.07, 6.45) is 10.2. The van der Waals surface area contributed by atoms with Crippen LogP contribution in [-0.2, 0) is 13.1 Å². The molecule has 1 aromatic carbocycles. The van der Waals surface area contributed by atoms with Gasteiger partial charge < -0.3 is 13.9 Å². The summed E-state index contributed by atoms with van der Waals surface area (Å²) in [6, 6.07) is 14.8. The summed E-state index contributed by atoms with van der Waals surface area (Å²) in [5.41, 5.74) is 5.76. The second-order valence-electron chi connectivity index (χ2n) is 8.43.